The molecule has 2 N–H and O–H groups in total. The van der Waals surface area contributed by atoms with Gasteiger partial charge in [0.15, 0.2) is 0 Å². The molecule has 1 fully saturated rings. The van der Waals surface area contributed by atoms with E-state index in [2.05, 4.69) is 35.4 Å². The summed E-state index contributed by atoms with van der Waals surface area (Å²) >= 11 is 0. The molecule has 1 saturated heterocycles. The van der Waals surface area contributed by atoms with Crippen LogP contribution in [0.4, 0.5) is 5.69 Å². The van der Waals surface area contributed by atoms with Crippen LogP contribution >= 0.6 is 0 Å². The molecule has 1 aromatic rings. The number of carbonyl (C=O) groups excluding carboxylic acids is 2. The number of anilines is 1. The van der Waals surface area contributed by atoms with Crippen LogP contribution in [0.25, 0.3) is 0 Å². The minimum atomic E-state index is -0.176. The van der Waals surface area contributed by atoms with E-state index >= 15 is 0 Å². The van der Waals surface area contributed by atoms with Crippen LogP contribution in [0, 0.1) is 18.8 Å². The van der Waals surface area contributed by atoms with E-state index in [4.69, 9.17) is 4.74 Å². The number of methoxy groups -OCH3 is 1. The highest BCUT2D eigenvalue weighted by molar-refractivity contribution is 5.97. The summed E-state index contributed by atoms with van der Waals surface area (Å²) in [5.41, 5.74) is 2.71. The Hall–Kier alpha value is -2.08. The fourth-order valence-electron chi connectivity index (χ4n) is 4.04. The van der Waals surface area contributed by atoms with Gasteiger partial charge in [0.25, 0.3) is 5.91 Å². The Bertz CT molecular complexity index is 677. The maximum Gasteiger partial charge on any atom is 0.251 e. The third-order valence-electron chi connectivity index (χ3n) is 5.67. The van der Waals surface area contributed by atoms with Crippen LogP contribution in [0.15, 0.2) is 18.2 Å². The van der Waals surface area contributed by atoms with Gasteiger partial charge < -0.3 is 20.3 Å². The Morgan fingerprint density at radius 2 is 2.11 bits per heavy atom. The van der Waals surface area contributed by atoms with Crippen LogP contribution in [0.2, 0.25) is 0 Å². The summed E-state index contributed by atoms with van der Waals surface area (Å²) in [5.74, 6) is -0.00379. The van der Waals surface area contributed by atoms with Gasteiger partial charge in [-0.1, -0.05) is 13.0 Å². The topological polar surface area (TPSA) is 70.7 Å². The van der Waals surface area contributed by atoms with Gasteiger partial charge in [0.05, 0.1) is 5.92 Å². The van der Waals surface area contributed by atoms with Crippen molar-refractivity contribution < 1.29 is 14.3 Å². The molecule has 1 aliphatic heterocycles. The standard InChI is InChI=1S/C22H35N3O3/c1-6-25(11-8-12-28-5)20-10-7-9-18(17(20)4)21(26)23-14-19-15(2)13-16(3)24-22(19)27/h7,9-10,15-16,19H,6,8,11-14H2,1-5H3,(H,23,26)(H,24,27). The van der Waals surface area contributed by atoms with Crippen LogP contribution in [-0.4, -0.2) is 51.2 Å². The Kier molecular flexibility index (Phi) is 8.30. The monoisotopic (exact) mass is 389 g/mol. The quantitative estimate of drug-likeness (QED) is 0.637. The molecule has 2 amide bonds. The number of hydrogen-bond donors (Lipinski definition) is 2. The van der Waals surface area contributed by atoms with E-state index in [1.165, 1.54) is 0 Å². The van der Waals surface area contributed by atoms with E-state index in [9.17, 15) is 9.59 Å². The van der Waals surface area contributed by atoms with E-state index in [1.54, 1.807) is 7.11 Å². The predicted molar refractivity (Wildman–Crippen MR) is 113 cm³/mol. The third-order valence-corrected chi connectivity index (χ3v) is 5.67. The number of piperidine rings is 1. The molecule has 0 bridgehead atoms. The molecule has 6 nitrogen and oxygen atoms in total. The lowest BCUT2D eigenvalue weighted by Crippen LogP contribution is -2.50. The first-order chi connectivity index (χ1) is 13.4. The molecule has 6 heteroatoms. The summed E-state index contributed by atoms with van der Waals surface area (Å²) < 4.78 is 5.15. The van der Waals surface area contributed by atoms with Crippen molar-refractivity contribution in [3.8, 4) is 0 Å². The normalized spacial score (nSPS) is 21.9. The Morgan fingerprint density at radius 3 is 2.75 bits per heavy atom. The predicted octanol–water partition coefficient (Wildman–Crippen LogP) is 2.75. The highest BCUT2D eigenvalue weighted by Crippen LogP contribution is 2.25. The number of benzene rings is 1. The first-order valence-corrected chi connectivity index (χ1v) is 10.3. The fraction of sp³-hybridized carbons (Fsp3) is 0.636. The van der Waals surface area contributed by atoms with Crippen LogP contribution in [0.3, 0.4) is 0 Å². The Balaban J connectivity index is 2.06. The molecule has 2 rings (SSSR count). The number of hydrogen-bond acceptors (Lipinski definition) is 4. The summed E-state index contributed by atoms with van der Waals surface area (Å²) in [5, 5.41) is 5.97. The van der Waals surface area contributed by atoms with E-state index in [-0.39, 0.29) is 29.7 Å². The number of amides is 2. The largest absolute Gasteiger partial charge is 0.385 e. The Morgan fingerprint density at radius 1 is 1.36 bits per heavy atom. The fourth-order valence-corrected chi connectivity index (χ4v) is 4.04. The van der Waals surface area contributed by atoms with Gasteiger partial charge in [0, 0.05) is 50.6 Å². The van der Waals surface area contributed by atoms with Crippen molar-refractivity contribution in [2.24, 2.45) is 11.8 Å². The average molecular weight is 390 g/mol. The van der Waals surface area contributed by atoms with Crippen molar-refractivity contribution in [1.29, 1.82) is 0 Å². The number of nitrogens with one attached hydrogen (secondary N) is 2. The lowest BCUT2D eigenvalue weighted by Gasteiger charge is -2.32. The lowest BCUT2D eigenvalue weighted by molar-refractivity contribution is -0.129. The van der Waals surface area contributed by atoms with Crippen molar-refractivity contribution in [2.75, 3.05) is 38.3 Å². The molecule has 156 valence electrons. The lowest BCUT2D eigenvalue weighted by atomic mass is 9.84. The second-order valence-corrected chi connectivity index (χ2v) is 7.81. The molecule has 0 radical (unpaired) electrons. The van der Waals surface area contributed by atoms with Crippen LogP contribution in [0.1, 0.15) is 49.5 Å². The molecular weight excluding hydrogens is 354 g/mol. The van der Waals surface area contributed by atoms with E-state index in [0.29, 0.717) is 12.1 Å². The first-order valence-electron chi connectivity index (χ1n) is 10.3. The maximum atomic E-state index is 12.8. The zero-order valence-corrected chi connectivity index (χ0v) is 17.9. The number of nitrogens with zero attached hydrogens (tertiary/aromatic N) is 1. The summed E-state index contributed by atoms with van der Waals surface area (Å²) in [6.45, 7) is 11.0. The number of ether oxygens (including phenoxy) is 1. The van der Waals surface area contributed by atoms with Crippen molar-refractivity contribution in [1.82, 2.24) is 10.6 Å². The minimum Gasteiger partial charge on any atom is -0.385 e. The second kappa shape index (κ2) is 10.5. The first kappa shape index (κ1) is 22.2. The second-order valence-electron chi connectivity index (χ2n) is 7.81. The van der Waals surface area contributed by atoms with E-state index in [1.807, 2.05) is 26.0 Å². The van der Waals surface area contributed by atoms with Gasteiger partial charge in [-0.2, -0.15) is 0 Å². The molecule has 1 aliphatic rings. The zero-order chi connectivity index (χ0) is 20.7. The summed E-state index contributed by atoms with van der Waals surface area (Å²) in [6, 6.07) is 6.03. The molecule has 0 aromatic heterocycles. The van der Waals surface area contributed by atoms with Crippen molar-refractivity contribution in [3.63, 3.8) is 0 Å². The van der Waals surface area contributed by atoms with Gasteiger partial charge in [-0.3, -0.25) is 9.59 Å². The SMILES string of the molecule is CCN(CCCOC)c1cccc(C(=O)NCC2C(=O)NC(C)CC2C)c1C. The van der Waals surface area contributed by atoms with Crippen LogP contribution < -0.4 is 15.5 Å². The van der Waals surface area contributed by atoms with E-state index < -0.39 is 0 Å². The molecule has 28 heavy (non-hydrogen) atoms. The van der Waals surface area contributed by atoms with Gasteiger partial charge in [0.2, 0.25) is 5.91 Å². The van der Waals surface area contributed by atoms with Gasteiger partial charge in [-0.15, -0.1) is 0 Å². The van der Waals surface area contributed by atoms with Crippen molar-refractivity contribution >= 4 is 17.5 Å². The van der Waals surface area contributed by atoms with Gasteiger partial charge in [-0.05, 0) is 57.2 Å². The maximum absolute atomic E-state index is 12.8. The highest BCUT2D eigenvalue weighted by atomic mass is 16.5. The summed E-state index contributed by atoms with van der Waals surface area (Å²) in [7, 11) is 1.71. The zero-order valence-electron chi connectivity index (χ0n) is 17.9. The van der Waals surface area contributed by atoms with Gasteiger partial charge >= 0.3 is 0 Å². The highest BCUT2D eigenvalue weighted by Gasteiger charge is 2.32. The molecule has 0 spiro atoms. The molecular formula is C22H35N3O3. The molecule has 1 heterocycles. The minimum absolute atomic E-state index is 0.0346. The molecule has 0 aliphatic carbocycles. The number of rotatable bonds is 9. The van der Waals surface area contributed by atoms with Crippen molar-refractivity contribution in [3.05, 3.63) is 29.3 Å². The molecule has 3 atom stereocenters. The Labute approximate surface area is 169 Å². The van der Waals surface area contributed by atoms with Crippen LogP contribution in [-0.2, 0) is 9.53 Å². The molecule has 1 aromatic carbocycles. The van der Waals surface area contributed by atoms with Crippen molar-refractivity contribution in [2.45, 2.75) is 46.6 Å². The molecule has 0 saturated carbocycles. The van der Waals surface area contributed by atoms with Gasteiger partial charge in [0.1, 0.15) is 0 Å². The van der Waals surface area contributed by atoms with E-state index in [0.717, 1.165) is 43.8 Å². The summed E-state index contributed by atoms with van der Waals surface area (Å²) in [4.78, 5) is 27.4. The number of carbonyl (C=O) groups is 2. The average Bonchev–Trinajstić information content (AvgIpc) is 2.65. The molecule has 3 unspecified atom stereocenters. The smallest absolute Gasteiger partial charge is 0.251 e. The summed E-state index contributed by atoms with van der Waals surface area (Å²) in [6.07, 6.45) is 1.88. The van der Waals surface area contributed by atoms with Gasteiger partial charge in [-0.25, -0.2) is 0 Å². The third kappa shape index (κ3) is 5.47. The van der Waals surface area contributed by atoms with Crippen LogP contribution in [0.5, 0.6) is 0 Å².